The molecule has 29 heavy (non-hydrogen) atoms. The molecule has 2 aromatic rings. The van der Waals surface area contributed by atoms with Gasteiger partial charge in [-0.2, -0.15) is 0 Å². The van der Waals surface area contributed by atoms with E-state index in [1.54, 1.807) is 0 Å². The minimum Gasteiger partial charge on any atom is -0.368 e. The van der Waals surface area contributed by atoms with Crippen LogP contribution in [0.3, 0.4) is 0 Å². The highest BCUT2D eigenvalue weighted by Gasteiger charge is 2.36. The number of piperazine rings is 1. The van der Waals surface area contributed by atoms with Gasteiger partial charge in [-0.1, -0.05) is 48.5 Å². The van der Waals surface area contributed by atoms with Gasteiger partial charge in [-0.15, -0.1) is 0 Å². The number of anilines is 1. The number of amides is 1. The minimum atomic E-state index is -0.252. The van der Waals surface area contributed by atoms with Crippen molar-refractivity contribution in [2.45, 2.75) is 38.1 Å². The Kier molecular flexibility index (Phi) is 5.25. The lowest BCUT2D eigenvalue weighted by Crippen LogP contribution is -2.56. The van der Waals surface area contributed by atoms with Gasteiger partial charge in [-0.05, 0) is 30.0 Å². The lowest BCUT2D eigenvalue weighted by molar-refractivity contribution is -0.141. The standard InChI is InChI=1S/C24H29N3O2/c28-24(23-11-6-14-29-23)26-16-20-9-4-5-10-22(20)27-13-12-25(17-21(27)18-26)15-19-7-2-1-3-8-19/h1-5,7-10,21,23H,6,11-18H2. The van der Waals surface area contributed by atoms with E-state index in [1.807, 2.05) is 4.90 Å². The molecule has 0 aliphatic carbocycles. The molecule has 5 rings (SSSR count). The highest BCUT2D eigenvalue weighted by atomic mass is 16.5. The number of fused-ring (bicyclic) bond motifs is 3. The monoisotopic (exact) mass is 391 g/mol. The molecule has 0 spiro atoms. The van der Waals surface area contributed by atoms with Crippen LogP contribution in [0.5, 0.6) is 0 Å². The fourth-order valence-electron chi connectivity index (χ4n) is 4.97. The second kappa shape index (κ2) is 8.17. The summed E-state index contributed by atoms with van der Waals surface area (Å²) >= 11 is 0. The number of para-hydroxylation sites is 1. The van der Waals surface area contributed by atoms with Crippen molar-refractivity contribution in [2.24, 2.45) is 0 Å². The lowest BCUT2D eigenvalue weighted by Gasteiger charge is -2.43. The highest BCUT2D eigenvalue weighted by Crippen LogP contribution is 2.31. The number of carbonyl (C=O) groups is 1. The molecule has 3 aliphatic heterocycles. The maximum atomic E-state index is 13.2. The van der Waals surface area contributed by atoms with Gasteiger partial charge in [0, 0.05) is 51.6 Å². The van der Waals surface area contributed by atoms with Crippen molar-refractivity contribution >= 4 is 11.6 Å². The first kappa shape index (κ1) is 18.6. The molecule has 0 aromatic heterocycles. The summed E-state index contributed by atoms with van der Waals surface area (Å²) in [6.07, 6.45) is 1.59. The molecule has 2 aromatic carbocycles. The first-order chi connectivity index (χ1) is 14.3. The molecule has 0 bridgehead atoms. The number of nitrogens with zero attached hydrogens (tertiary/aromatic N) is 3. The largest absolute Gasteiger partial charge is 0.368 e. The third-order valence-corrected chi connectivity index (χ3v) is 6.43. The van der Waals surface area contributed by atoms with E-state index in [0.717, 1.165) is 45.6 Å². The van der Waals surface area contributed by atoms with Crippen LogP contribution in [0.1, 0.15) is 24.0 Å². The lowest BCUT2D eigenvalue weighted by atomic mass is 10.1. The summed E-state index contributed by atoms with van der Waals surface area (Å²) in [4.78, 5) is 20.3. The Labute approximate surface area is 172 Å². The van der Waals surface area contributed by atoms with Gasteiger partial charge in [0.2, 0.25) is 0 Å². The summed E-state index contributed by atoms with van der Waals surface area (Å²) in [7, 11) is 0. The van der Waals surface area contributed by atoms with Gasteiger partial charge in [-0.25, -0.2) is 0 Å². The Morgan fingerprint density at radius 1 is 1.00 bits per heavy atom. The van der Waals surface area contributed by atoms with Crippen LogP contribution in [0.4, 0.5) is 5.69 Å². The van der Waals surface area contributed by atoms with Crippen LogP contribution in [0.15, 0.2) is 54.6 Å². The first-order valence-corrected chi connectivity index (χ1v) is 10.8. The van der Waals surface area contributed by atoms with Crippen LogP contribution in [0.2, 0.25) is 0 Å². The zero-order valence-electron chi connectivity index (χ0n) is 16.9. The molecule has 0 N–H and O–H groups in total. The fourth-order valence-corrected chi connectivity index (χ4v) is 4.97. The van der Waals surface area contributed by atoms with Gasteiger partial charge in [0.15, 0.2) is 0 Å². The molecule has 2 atom stereocenters. The molecule has 2 fully saturated rings. The van der Waals surface area contributed by atoms with Crippen molar-refractivity contribution in [1.82, 2.24) is 9.80 Å². The second-order valence-electron chi connectivity index (χ2n) is 8.42. The normalized spacial score (nSPS) is 24.7. The quantitative estimate of drug-likeness (QED) is 0.806. The number of hydrogen-bond donors (Lipinski definition) is 0. The van der Waals surface area contributed by atoms with Gasteiger partial charge < -0.3 is 14.5 Å². The van der Waals surface area contributed by atoms with Crippen LogP contribution in [-0.4, -0.2) is 60.6 Å². The van der Waals surface area contributed by atoms with E-state index >= 15 is 0 Å². The summed E-state index contributed by atoms with van der Waals surface area (Å²) in [6, 6.07) is 19.6. The topological polar surface area (TPSA) is 36.0 Å². The van der Waals surface area contributed by atoms with E-state index in [4.69, 9.17) is 4.74 Å². The van der Waals surface area contributed by atoms with E-state index in [-0.39, 0.29) is 12.0 Å². The summed E-state index contributed by atoms with van der Waals surface area (Å²) in [5.41, 5.74) is 3.89. The van der Waals surface area contributed by atoms with Gasteiger partial charge in [0.05, 0.1) is 6.04 Å². The summed E-state index contributed by atoms with van der Waals surface area (Å²) in [5.74, 6) is 0.166. The van der Waals surface area contributed by atoms with Gasteiger partial charge in [0.25, 0.3) is 5.91 Å². The molecule has 5 heteroatoms. The van der Waals surface area contributed by atoms with Crippen LogP contribution in [0, 0.1) is 0 Å². The van der Waals surface area contributed by atoms with Crippen molar-refractivity contribution in [1.29, 1.82) is 0 Å². The third-order valence-electron chi connectivity index (χ3n) is 6.43. The van der Waals surface area contributed by atoms with Gasteiger partial charge in [0.1, 0.15) is 6.10 Å². The number of benzene rings is 2. The van der Waals surface area contributed by atoms with Crippen LogP contribution in [-0.2, 0) is 22.6 Å². The van der Waals surface area contributed by atoms with Gasteiger partial charge >= 0.3 is 0 Å². The van der Waals surface area contributed by atoms with E-state index in [0.29, 0.717) is 19.2 Å². The molecule has 2 saturated heterocycles. The number of hydrogen-bond acceptors (Lipinski definition) is 4. The molecule has 3 aliphatic rings. The Morgan fingerprint density at radius 2 is 1.83 bits per heavy atom. The molecular weight excluding hydrogens is 362 g/mol. The fraction of sp³-hybridized carbons (Fsp3) is 0.458. The Bertz CT molecular complexity index is 850. The summed E-state index contributed by atoms with van der Waals surface area (Å²) in [5, 5.41) is 0. The van der Waals surface area contributed by atoms with Crippen molar-refractivity contribution in [3.8, 4) is 0 Å². The zero-order valence-corrected chi connectivity index (χ0v) is 16.9. The average Bonchev–Trinajstić information content (AvgIpc) is 3.24. The summed E-state index contributed by atoms with van der Waals surface area (Å²) in [6.45, 7) is 6.13. The van der Waals surface area contributed by atoms with E-state index in [2.05, 4.69) is 64.4 Å². The number of ether oxygens (including phenoxy) is 1. The zero-order chi connectivity index (χ0) is 19.6. The SMILES string of the molecule is O=C(C1CCCO1)N1Cc2ccccc2N2CCN(Cc3ccccc3)CC2C1. The van der Waals surface area contributed by atoms with Crippen molar-refractivity contribution in [2.75, 3.05) is 37.7 Å². The third kappa shape index (κ3) is 3.89. The molecule has 0 saturated carbocycles. The Morgan fingerprint density at radius 3 is 2.66 bits per heavy atom. The van der Waals surface area contributed by atoms with Gasteiger partial charge in [-0.3, -0.25) is 9.69 Å². The average molecular weight is 392 g/mol. The van der Waals surface area contributed by atoms with E-state index < -0.39 is 0 Å². The van der Waals surface area contributed by atoms with Crippen LogP contribution in [0.25, 0.3) is 0 Å². The predicted octanol–water partition coefficient (Wildman–Crippen LogP) is 2.90. The van der Waals surface area contributed by atoms with Crippen molar-refractivity contribution in [3.05, 3.63) is 65.7 Å². The molecule has 1 amide bonds. The highest BCUT2D eigenvalue weighted by molar-refractivity contribution is 5.81. The van der Waals surface area contributed by atoms with Crippen LogP contribution >= 0.6 is 0 Å². The van der Waals surface area contributed by atoms with E-state index in [1.165, 1.54) is 16.8 Å². The second-order valence-corrected chi connectivity index (χ2v) is 8.42. The van der Waals surface area contributed by atoms with Crippen molar-refractivity contribution < 1.29 is 9.53 Å². The number of rotatable bonds is 3. The summed E-state index contributed by atoms with van der Waals surface area (Å²) < 4.78 is 5.72. The van der Waals surface area contributed by atoms with Crippen LogP contribution < -0.4 is 4.90 Å². The smallest absolute Gasteiger partial charge is 0.252 e. The molecule has 3 heterocycles. The predicted molar refractivity (Wildman–Crippen MR) is 114 cm³/mol. The maximum Gasteiger partial charge on any atom is 0.252 e. The molecule has 152 valence electrons. The Balaban J connectivity index is 1.38. The molecule has 0 radical (unpaired) electrons. The van der Waals surface area contributed by atoms with Crippen molar-refractivity contribution in [3.63, 3.8) is 0 Å². The Hall–Kier alpha value is -2.37. The molecular formula is C24H29N3O2. The molecule has 5 nitrogen and oxygen atoms in total. The maximum absolute atomic E-state index is 13.2. The number of carbonyl (C=O) groups excluding carboxylic acids is 1. The first-order valence-electron chi connectivity index (χ1n) is 10.8. The van der Waals surface area contributed by atoms with E-state index in [9.17, 15) is 4.79 Å². The molecule has 2 unspecified atom stereocenters. The minimum absolute atomic E-state index is 0.166.